The average Bonchev–Trinajstić information content (AvgIpc) is 2.93. The Balaban J connectivity index is 1.90. The van der Waals surface area contributed by atoms with Crippen LogP contribution in [0.5, 0.6) is 0 Å². The number of rotatable bonds is 2. The second-order valence-corrected chi connectivity index (χ2v) is 4.66. The third-order valence-electron chi connectivity index (χ3n) is 3.39. The number of nitrogens with zero attached hydrogens (tertiary/aromatic N) is 3. The lowest BCUT2D eigenvalue weighted by Gasteiger charge is -2.14. The van der Waals surface area contributed by atoms with Crippen LogP contribution in [-0.2, 0) is 4.74 Å². The Morgan fingerprint density at radius 1 is 1.47 bits per heavy atom. The Labute approximate surface area is 109 Å². The fourth-order valence-electron chi connectivity index (χ4n) is 2.37. The van der Waals surface area contributed by atoms with Crippen LogP contribution in [-0.4, -0.2) is 56.6 Å². The fraction of sp³-hybridized carbons (Fsp3) is 0.636. The van der Waals surface area contributed by atoms with Crippen LogP contribution in [0.2, 0.25) is 0 Å². The number of aliphatic hydroxyl groups excluding tert-OH is 3. The van der Waals surface area contributed by atoms with Crippen molar-refractivity contribution in [3.05, 3.63) is 12.0 Å². The standard InChI is InChI=1S/C11H16N4O4/c16-3-8-6(17)1-9(19-8)15-5-14-10-7(18)2-12-4-13-11(10)15/h4-9,16-18H,1-3H2,(H,12,13)/t6-,7?,8+,9+/m0/s1. The van der Waals surface area contributed by atoms with Gasteiger partial charge in [0.25, 0.3) is 0 Å². The number of nitrogens with one attached hydrogen (secondary N) is 1. The molecular weight excluding hydrogens is 252 g/mol. The SMILES string of the molecule is OC[C@H]1O[C@@H](n2cnc3c2N=CNCC3O)C[C@@H]1O. The summed E-state index contributed by atoms with van der Waals surface area (Å²) in [5, 5.41) is 31.6. The van der Waals surface area contributed by atoms with Crippen molar-refractivity contribution in [2.24, 2.45) is 4.99 Å². The molecule has 0 spiro atoms. The molecule has 3 heterocycles. The van der Waals surface area contributed by atoms with E-state index in [0.29, 0.717) is 24.5 Å². The molecule has 0 bridgehead atoms. The van der Waals surface area contributed by atoms with Gasteiger partial charge in [0.05, 0.1) is 25.4 Å². The van der Waals surface area contributed by atoms with Gasteiger partial charge >= 0.3 is 0 Å². The van der Waals surface area contributed by atoms with E-state index < -0.39 is 24.5 Å². The molecule has 1 saturated heterocycles. The van der Waals surface area contributed by atoms with Crippen molar-refractivity contribution in [3.63, 3.8) is 0 Å². The van der Waals surface area contributed by atoms with Gasteiger partial charge in [-0.05, 0) is 0 Å². The molecule has 1 unspecified atom stereocenters. The molecule has 1 aromatic rings. The maximum Gasteiger partial charge on any atom is 0.162 e. The first-order valence-electron chi connectivity index (χ1n) is 6.15. The lowest BCUT2D eigenvalue weighted by Crippen LogP contribution is -2.24. The first-order valence-corrected chi connectivity index (χ1v) is 6.15. The van der Waals surface area contributed by atoms with Gasteiger partial charge in [0.1, 0.15) is 24.1 Å². The van der Waals surface area contributed by atoms with Crippen molar-refractivity contribution in [1.29, 1.82) is 0 Å². The predicted octanol–water partition coefficient (Wildman–Crippen LogP) is -1.18. The third-order valence-corrected chi connectivity index (χ3v) is 3.39. The lowest BCUT2D eigenvalue weighted by molar-refractivity contribution is -0.0438. The molecule has 0 radical (unpaired) electrons. The molecular formula is C11H16N4O4. The minimum Gasteiger partial charge on any atom is -0.394 e. The van der Waals surface area contributed by atoms with Crippen LogP contribution in [0.3, 0.4) is 0 Å². The van der Waals surface area contributed by atoms with E-state index in [2.05, 4.69) is 15.3 Å². The number of aliphatic imine (C=N–C) groups is 1. The Bertz CT molecular complexity index is 489. The largest absolute Gasteiger partial charge is 0.394 e. The van der Waals surface area contributed by atoms with E-state index in [1.807, 2.05) is 0 Å². The smallest absolute Gasteiger partial charge is 0.162 e. The number of hydrogen-bond acceptors (Lipinski definition) is 7. The number of aromatic nitrogens is 2. The molecule has 8 nitrogen and oxygen atoms in total. The second-order valence-electron chi connectivity index (χ2n) is 4.66. The van der Waals surface area contributed by atoms with Crippen molar-refractivity contribution >= 4 is 12.2 Å². The summed E-state index contributed by atoms with van der Waals surface area (Å²) < 4.78 is 7.22. The molecule has 0 aromatic carbocycles. The van der Waals surface area contributed by atoms with Crippen molar-refractivity contribution in [1.82, 2.24) is 14.9 Å². The van der Waals surface area contributed by atoms with Crippen LogP contribution in [0, 0.1) is 0 Å². The summed E-state index contributed by atoms with van der Waals surface area (Å²) in [6.07, 6.45) is 0.902. The van der Waals surface area contributed by atoms with Gasteiger partial charge in [-0.1, -0.05) is 0 Å². The Morgan fingerprint density at radius 3 is 3.05 bits per heavy atom. The Hall–Kier alpha value is -1.48. The van der Waals surface area contributed by atoms with Gasteiger partial charge in [-0.25, -0.2) is 9.98 Å². The van der Waals surface area contributed by atoms with Crippen LogP contribution in [0.15, 0.2) is 11.3 Å². The number of aliphatic hydroxyl groups is 3. The van der Waals surface area contributed by atoms with Gasteiger partial charge in [0.2, 0.25) is 0 Å². The predicted molar refractivity (Wildman–Crippen MR) is 65.0 cm³/mol. The molecule has 0 saturated carbocycles. The number of ether oxygens (including phenoxy) is 1. The number of hydrogen-bond donors (Lipinski definition) is 4. The number of β-amino-alcohol motifs (C(OH)–C–C–N with tert-alkyl or cyclic N) is 1. The minimum atomic E-state index is -0.737. The molecule has 0 amide bonds. The van der Waals surface area contributed by atoms with Crippen molar-refractivity contribution < 1.29 is 20.1 Å². The van der Waals surface area contributed by atoms with Crippen molar-refractivity contribution in [2.75, 3.05) is 13.2 Å². The van der Waals surface area contributed by atoms with Crippen LogP contribution in [0.4, 0.5) is 5.82 Å². The number of imidazole rings is 1. The van der Waals surface area contributed by atoms with E-state index in [9.17, 15) is 10.2 Å². The average molecular weight is 268 g/mol. The Kier molecular flexibility index (Phi) is 3.23. The minimum absolute atomic E-state index is 0.234. The van der Waals surface area contributed by atoms with Gasteiger partial charge in [-0.3, -0.25) is 4.57 Å². The first kappa shape index (κ1) is 12.5. The molecule has 4 atom stereocenters. The molecule has 0 aliphatic carbocycles. The van der Waals surface area contributed by atoms with E-state index in [-0.39, 0.29) is 6.61 Å². The summed E-state index contributed by atoms with van der Waals surface area (Å²) in [4.78, 5) is 8.35. The molecule has 104 valence electrons. The summed E-state index contributed by atoms with van der Waals surface area (Å²) in [5.41, 5.74) is 0.479. The molecule has 4 N–H and O–H groups in total. The zero-order valence-electron chi connectivity index (χ0n) is 10.2. The highest BCUT2D eigenvalue weighted by Crippen LogP contribution is 2.35. The van der Waals surface area contributed by atoms with E-state index >= 15 is 0 Å². The van der Waals surface area contributed by atoms with Crippen molar-refractivity contribution in [3.8, 4) is 0 Å². The number of fused-ring (bicyclic) bond motifs is 1. The fourth-order valence-corrected chi connectivity index (χ4v) is 2.37. The molecule has 2 aliphatic heterocycles. The quantitative estimate of drug-likeness (QED) is 0.537. The highest BCUT2D eigenvalue weighted by atomic mass is 16.5. The van der Waals surface area contributed by atoms with Gasteiger partial charge in [-0.15, -0.1) is 0 Å². The van der Waals surface area contributed by atoms with E-state index in [0.717, 1.165) is 0 Å². The molecule has 8 heteroatoms. The summed E-state index contributed by atoms with van der Waals surface area (Å²) in [7, 11) is 0. The monoisotopic (exact) mass is 268 g/mol. The van der Waals surface area contributed by atoms with E-state index in [4.69, 9.17) is 9.84 Å². The van der Waals surface area contributed by atoms with Crippen molar-refractivity contribution in [2.45, 2.75) is 31.0 Å². The van der Waals surface area contributed by atoms with Crippen LogP contribution < -0.4 is 5.32 Å². The van der Waals surface area contributed by atoms with E-state index in [1.54, 1.807) is 4.57 Å². The van der Waals surface area contributed by atoms with Crippen LogP contribution in [0.1, 0.15) is 24.4 Å². The molecule has 2 aliphatic rings. The highest BCUT2D eigenvalue weighted by molar-refractivity contribution is 5.62. The molecule has 1 aromatic heterocycles. The second kappa shape index (κ2) is 4.89. The highest BCUT2D eigenvalue weighted by Gasteiger charge is 2.36. The van der Waals surface area contributed by atoms with E-state index in [1.165, 1.54) is 12.7 Å². The zero-order chi connectivity index (χ0) is 13.4. The summed E-state index contributed by atoms with van der Waals surface area (Å²) >= 11 is 0. The maximum atomic E-state index is 9.90. The molecule has 19 heavy (non-hydrogen) atoms. The Morgan fingerprint density at radius 2 is 2.32 bits per heavy atom. The van der Waals surface area contributed by atoms with Gasteiger partial charge in [-0.2, -0.15) is 0 Å². The lowest BCUT2D eigenvalue weighted by atomic mass is 10.2. The van der Waals surface area contributed by atoms with Gasteiger partial charge in [0, 0.05) is 13.0 Å². The summed E-state index contributed by atoms with van der Waals surface area (Å²) in [6.45, 7) is 0.114. The zero-order valence-corrected chi connectivity index (χ0v) is 10.2. The summed E-state index contributed by atoms with van der Waals surface area (Å²) in [6, 6.07) is 0. The maximum absolute atomic E-state index is 9.90. The topological polar surface area (TPSA) is 112 Å². The third kappa shape index (κ3) is 2.12. The molecule has 1 fully saturated rings. The van der Waals surface area contributed by atoms with Gasteiger partial charge in [0.15, 0.2) is 5.82 Å². The van der Waals surface area contributed by atoms with Crippen LogP contribution in [0.25, 0.3) is 0 Å². The normalized spacial score (nSPS) is 33.8. The van der Waals surface area contributed by atoms with Crippen LogP contribution >= 0.6 is 0 Å². The first-order chi connectivity index (χ1) is 9.20. The molecule has 3 rings (SSSR count). The summed E-state index contributed by atoms with van der Waals surface area (Å²) in [5.74, 6) is 0.508. The van der Waals surface area contributed by atoms with Gasteiger partial charge < -0.3 is 25.4 Å².